The number of hydrogen-bond donors (Lipinski definition) is 1. The van der Waals surface area contributed by atoms with E-state index in [0.717, 1.165) is 53.0 Å². The SMILES string of the molecule is C=C[C@@H]1CN2CC[C@H]1C[C@H]2[C@H](O)c1cc(-c2ccc(Cl)cc2)nc2ccc(OC)cc12.Cl.Cl. The van der Waals surface area contributed by atoms with Crippen LogP contribution in [-0.4, -0.2) is 41.2 Å². The minimum Gasteiger partial charge on any atom is -0.497 e. The van der Waals surface area contributed by atoms with Crippen LogP contribution in [0.4, 0.5) is 0 Å². The second-order valence-electron chi connectivity index (χ2n) is 8.68. The Morgan fingerprint density at radius 2 is 1.94 bits per heavy atom. The van der Waals surface area contributed by atoms with Gasteiger partial charge in [0.05, 0.1) is 24.4 Å². The van der Waals surface area contributed by atoms with E-state index in [0.29, 0.717) is 16.9 Å². The lowest BCUT2D eigenvalue weighted by Gasteiger charge is -2.50. The van der Waals surface area contributed by atoms with Crippen molar-refractivity contribution < 1.29 is 9.84 Å². The van der Waals surface area contributed by atoms with Gasteiger partial charge in [0.25, 0.3) is 0 Å². The first-order chi connectivity index (χ1) is 15.1. The second-order valence-corrected chi connectivity index (χ2v) is 9.11. The maximum absolute atomic E-state index is 11.6. The number of ether oxygens (including phenoxy) is 1. The smallest absolute Gasteiger partial charge is 0.119 e. The van der Waals surface area contributed by atoms with Gasteiger partial charge in [-0.3, -0.25) is 4.90 Å². The Labute approximate surface area is 212 Å². The molecule has 3 aromatic rings. The van der Waals surface area contributed by atoms with E-state index in [1.54, 1.807) is 7.11 Å². The molecule has 3 aliphatic heterocycles. The number of pyridine rings is 1. The van der Waals surface area contributed by atoms with Gasteiger partial charge in [0.2, 0.25) is 0 Å². The van der Waals surface area contributed by atoms with Crippen molar-refractivity contribution in [2.75, 3.05) is 20.2 Å². The van der Waals surface area contributed by atoms with Crippen molar-refractivity contribution in [2.45, 2.75) is 25.0 Å². The highest BCUT2D eigenvalue weighted by atomic mass is 35.5. The zero-order valence-corrected chi connectivity index (χ0v) is 20.9. The van der Waals surface area contributed by atoms with Crippen LogP contribution in [-0.2, 0) is 0 Å². The first kappa shape index (κ1) is 25.8. The van der Waals surface area contributed by atoms with E-state index in [9.17, 15) is 5.11 Å². The summed E-state index contributed by atoms with van der Waals surface area (Å²) in [6.07, 6.45) is 3.66. The molecule has 1 aromatic heterocycles. The lowest BCUT2D eigenvalue weighted by atomic mass is 9.73. The highest BCUT2D eigenvalue weighted by molar-refractivity contribution is 6.30. The number of rotatable bonds is 5. The summed E-state index contributed by atoms with van der Waals surface area (Å²) in [5, 5.41) is 13.3. The lowest BCUT2D eigenvalue weighted by molar-refractivity contribution is -0.0444. The molecule has 0 spiro atoms. The second kappa shape index (κ2) is 10.6. The Bertz CT molecular complexity index is 1120. The fourth-order valence-corrected chi connectivity index (χ4v) is 5.41. The maximum atomic E-state index is 11.6. The van der Waals surface area contributed by atoms with Crippen LogP contribution >= 0.6 is 36.4 Å². The molecular weight excluding hydrogens is 479 g/mol. The van der Waals surface area contributed by atoms with Crippen molar-refractivity contribution >= 4 is 47.3 Å². The Hall–Kier alpha value is -1.82. The molecule has 4 nitrogen and oxygen atoms in total. The summed E-state index contributed by atoms with van der Waals surface area (Å²) in [6.45, 7) is 6.04. The Kier molecular flexibility index (Phi) is 8.31. The van der Waals surface area contributed by atoms with Gasteiger partial charge in [0.15, 0.2) is 0 Å². The summed E-state index contributed by atoms with van der Waals surface area (Å²) >= 11 is 6.08. The van der Waals surface area contributed by atoms with Gasteiger partial charge in [0.1, 0.15) is 5.75 Å². The van der Waals surface area contributed by atoms with Crippen LogP contribution in [0.1, 0.15) is 24.5 Å². The van der Waals surface area contributed by atoms with Gasteiger partial charge in [0, 0.05) is 28.6 Å². The summed E-state index contributed by atoms with van der Waals surface area (Å²) in [6, 6.07) is 15.7. The zero-order chi connectivity index (χ0) is 21.5. The molecule has 1 unspecified atom stereocenters. The summed E-state index contributed by atoms with van der Waals surface area (Å²) in [4.78, 5) is 7.31. The number of fused-ring (bicyclic) bond motifs is 4. The van der Waals surface area contributed by atoms with Crippen LogP contribution in [0.5, 0.6) is 5.75 Å². The molecule has 7 heteroatoms. The number of aliphatic hydroxyl groups is 1. The number of halogens is 3. The molecule has 0 amide bonds. The number of benzene rings is 2. The fourth-order valence-electron chi connectivity index (χ4n) is 5.28. The molecule has 3 saturated heterocycles. The topological polar surface area (TPSA) is 45.6 Å². The average Bonchev–Trinajstić information content (AvgIpc) is 2.83. The number of nitrogens with zero attached hydrogens (tertiary/aromatic N) is 2. The van der Waals surface area contributed by atoms with Gasteiger partial charge in [-0.1, -0.05) is 29.8 Å². The van der Waals surface area contributed by atoms with Crippen LogP contribution < -0.4 is 4.74 Å². The number of piperidine rings is 3. The molecule has 3 fully saturated rings. The molecule has 5 atom stereocenters. The highest BCUT2D eigenvalue weighted by Crippen LogP contribution is 2.43. The first-order valence-electron chi connectivity index (χ1n) is 10.9. The summed E-state index contributed by atoms with van der Waals surface area (Å²) in [5.74, 6) is 1.89. The average molecular weight is 508 g/mol. The minimum absolute atomic E-state index is 0. The van der Waals surface area contributed by atoms with Crippen LogP contribution in [0.2, 0.25) is 5.02 Å². The summed E-state index contributed by atoms with van der Waals surface area (Å²) in [5.41, 5.74) is 3.57. The molecule has 4 heterocycles. The van der Waals surface area contributed by atoms with Crippen LogP contribution in [0, 0.1) is 11.8 Å². The van der Waals surface area contributed by atoms with Crippen molar-refractivity contribution in [1.29, 1.82) is 0 Å². The Balaban J connectivity index is 0.00000153. The van der Waals surface area contributed by atoms with E-state index in [4.69, 9.17) is 21.3 Å². The zero-order valence-electron chi connectivity index (χ0n) is 18.5. The van der Waals surface area contributed by atoms with Gasteiger partial charge in [-0.25, -0.2) is 4.98 Å². The standard InChI is InChI=1S/C26H27ClN2O2.2ClH/c1-3-16-15-29-11-10-18(16)12-25(29)26(30)22-14-24(17-4-6-19(27)7-5-17)28-23-9-8-20(31-2)13-21(22)23;;/h3-9,13-14,16,18,25-26,30H,1,10-12,15H2,2H3;2*1H/t16-,18+,25+,26-;;/m1../s1. The van der Waals surface area contributed by atoms with Gasteiger partial charge in [-0.2, -0.15) is 0 Å². The van der Waals surface area contributed by atoms with Gasteiger partial charge in [-0.15, -0.1) is 31.4 Å². The van der Waals surface area contributed by atoms with Crippen molar-refractivity contribution in [3.8, 4) is 17.0 Å². The van der Waals surface area contributed by atoms with E-state index in [1.165, 1.54) is 6.42 Å². The molecule has 1 N–H and O–H groups in total. The third-order valence-corrected chi connectivity index (χ3v) is 7.28. The minimum atomic E-state index is -0.600. The van der Waals surface area contributed by atoms with Gasteiger partial charge in [-0.05, 0) is 73.2 Å². The van der Waals surface area contributed by atoms with Crippen LogP contribution in [0.25, 0.3) is 22.2 Å². The lowest BCUT2D eigenvalue weighted by Crippen LogP contribution is -2.54. The maximum Gasteiger partial charge on any atom is 0.119 e. The first-order valence-corrected chi connectivity index (χ1v) is 11.2. The monoisotopic (exact) mass is 506 g/mol. The number of hydrogen-bond acceptors (Lipinski definition) is 4. The van der Waals surface area contributed by atoms with Crippen LogP contribution in [0.15, 0.2) is 61.2 Å². The predicted octanol–water partition coefficient (Wildman–Crippen LogP) is 6.34. The van der Waals surface area contributed by atoms with Crippen molar-refractivity contribution in [3.63, 3.8) is 0 Å². The summed E-state index contributed by atoms with van der Waals surface area (Å²) in [7, 11) is 1.66. The van der Waals surface area contributed by atoms with E-state index < -0.39 is 6.10 Å². The van der Waals surface area contributed by atoms with Gasteiger partial charge < -0.3 is 9.84 Å². The quantitative estimate of drug-likeness (QED) is 0.409. The molecule has 2 bridgehead atoms. The fraction of sp³-hybridized carbons (Fsp3) is 0.346. The Morgan fingerprint density at radius 3 is 2.58 bits per heavy atom. The number of aromatic nitrogens is 1. The molecule has 6 rings (SSSR count). The number of methoxy groups -OCH3 is 1. The molecule has 33 heavy (non-hydrogen) atoms. The van der Waals surface area contributed by atoms with E-state index >= 15 is 0 Å². The largest absolute Gasteiger partial charge is 0.497 e. The molecule has 176 valence electrons. The molecule has 3 aliphatic rings. The summed E-state index contributed by atoms with van der Waals surface area (Å²) < 4.78 is 5.46. The van der Waals surface area contributed by atoms with Crippen molar-refractivity contribution in [3.05, 3.63) is 71.8 Å². The van der Waals surface area contributed by atoms with Crippen molar-refractivity contribution in [2.24, 2.45) is 11.8 Å². The Morgan fingerprint density at radius 1 is 1.18 bits per heavy atom. The van der Waals surface area contributed by atoms with Gasteiger partial charge >= 0.3 is 0 Å². The molecule has 0 aliphatic carbocycles. The highest BCUT2D eigenvalue weighted by Gasteiger charge is 2.42. The predicted molar refractivity (Wildman–Crippen MR) is 140 cm³/mol. The molecule has 0 radical (unpaired) electrons. The van der Waals surface area contributed by atoms with Crippen molar-refractivity contribution in [1.82, 2.24) is 9.88 Å². The van der Waals surface area contributed by atoms with E-state index in [-0.39, 0.29) is 30.9 Å². The van der Waals surface area contributed by atoms with E-state index in [2.05, 4.69) is 17.6 Å². The number of aliphatic hydroxyl groups excluding tert-OH is 1. The van der Waals surface area contributed by atoms with E-state index in [1.807, 2.05) is 48.5 Å². The molecular formula is C26H29Cl3N2O2. The molecule has 0 saturated carbocycles. The third-order valence-electron chi connectivity index (χ3n) is 7.02. The normalized spacial score (nSPS) is 24.5. The van der Waals surface area contributed by atoms with Crippen LogP contribution in [0.3, 0.4) is 0 Å². The molecule has 2 aromatic carbocycles. The third kappa shape index (κ3) is 4.87.